The third kappa shape index (κ3) is 4.11. The second-order valence-corrected chi connectivity index (χ2v) is 7.75. The number of nitrogens with two attached hydrogens (primary N) is 1. The van der Waals surface area contributed by atoms with Crippen molar-refractivity contribution in [3.05, 3.63) is 27.3 Å². The number of benzene rings is 1. The van der Waals surface area contributed by atoms with E-state index in [9.17, 15) is 4.79 Å². The Balaban J connectivity index is 2.14. The summed E-state index contributed by atoms with van der Waals surface area (Å²) in [5.41, 5.74) is 6.89. The molecule has 0 aliphatic heterocycles. The molecule has 0 amide bonds. The molecule has 3 atom stereocenters. The SMILES string of the molecule is CC1CCC(C(C)C)C(OC(=O)c2cc(I)ccc2N)C1. The van der Waals surface area contributed by atoms with Gasteiger partial charge in [-0.25, -0.2) is 4.79 Å². The quantitative estimate of drug-likeness (QED) is 0.461. The molecule has 1 aromatic carbocycles. The van der Waals surface area contributed by atoms with Gasteiger partial charge in [0.05, 0.1) is 5.56 Å². The van der Waals surface area contributed by atoms with E-state index in [1.165, 1.54) is 6.42 Å². The van der Waals surface area contributed by atoms with E-state index >= 15 is 0 Å². The van der Waals surface area contributed by atoms with Crippen molar-refractivity contribution in [3.8, 4) is 0 Å². The van der Waals surface area contributed by atoms with E-state index in [2.05, 4.69) is 43.4 Å². The number of hydrogen-bond donors (Lipinski definition) is 1. The Morgan fingerprint density at radius 3 is 2.76 bits per heavy atom. The van der Waals surface area contributed by atoms with E-state index in [0.29, 0.717) is 29.0 Å². The zero-order valence-electron chi connectivity index (χ0n) is 12.9. The number of esters is 1. The monoisotopic (exact) mass is 401 g/mol. The molecule has 2 N–H and O–H groups in total. The zero-order valence-corrected chi connectivity index (χ0v) is 15.1. The summed E-state index contributed by atoms with van der Waals surface area (Å²) in [7, 11) is 0. The lowest BCUT2D eigenvalue weighted by Gasteiger charge is -2.36. The number of carbonyl (C=O) groups is 1. The molecule has 21 heavy (non-hydrogen) atoms. The van der Waals surface area contributed by atoms with Gasteiger partial charge in [0.15, 0.2) is 0 Å². The largest absolute Gasteiger partial charge is 0.458 e. The number of halogens is 1. The van der Waals surface area contributed by atoms with Crippen molar-refractivity contribution < 1.29 is 9.53 Å². The van der Waals surface area contributed by atoms with E-state index in [1.54, 1.807) is 12.1 Å². The maximum Gasteiger partial charge on any atom is 0.340 e. The summed E-state index contributed by atoms with van der Waals surface area (Å²) in [6.07, 6.45) is 3.33. The van der Waals surface area contributed by atoms with Crippen LogP contribution in [0.25, 0.3) is 0 Å². The fraction of sp³-hybridized carbons (Fsp3) is 0.588. The predicted molar refractivity (Wildman–Crippen MR) is 94.1 cm³/mol. The molecule has 1 aliphatic rings. The molecule has 116 valence electrons. The first kappa shape index (κ1) is 16.6. The molecule has 1 saturated carbocycles. The zero-order chi connectivity index (χ0) is 15.6. The van der Waals surface area contributed by atoms with Crippen LogP contribution in [0.3, 0.4) is 0 Å². The smallest absolute Gasteiger partial charge is 0.340 e. The second kappa shape index (κ2) is 6.99. The van der Waals surface area contributed by atoms with Crippen LogP contribution in [0.5, 0.6) is 0 Å². The van der Waals surface area contributed by atoms with E-state index in [-0.39, 0.29) is 12.1 Å². The third-order valence-corrected chi connectivity index (χ3v) is 5.13. The lowest BCUT2D eigenvalue weighted by atomic mass is 9.75. The molecule has 3 nitrogen and oxygen atoms in total. The van der Waals surface area contributed by atoms with Crippen molar-refractivity contribution in [2.45, 2.75) is 46.1 Å². The summed E-state index contributed by atoms with van der Waals surface area (Å²) < 4.78 is 6.83. The molecule has 1 aliphatic carbocycles. The highest BCUT2D eigenvalue weighted by atomic mass is 127. The fourth-order valence-corrected chi connectivity index (χ4v) is 3.65. The molecule has 0 radical (unpaired) electrons. The van der Waals surface area contributed by atoms with Crippen LogP contribution in [0.1, 0.15) is 50.4 Å². The van der Waals surface area contributed by atoms with Crippen molar-refractivity contribution in [1.82, 2.24) is 0 Å². The topological polar surface area (TPSA) is 52.3 Å². The molecule has 0 aromatic heterocycles. The van der Waals surface area contributed by atoms with Crippen LogP contribution in [-0.4, -0.2) is 12.1 Å². The van der Waals surface area contributed by atoms with Gasteiger partial charge < -0.3 is 10.5 Å². The van der Waals surface area contributed by atoms with Crippen LogP contribution in [0.2, 0.25) is 0 Å². The van der Waals surface area contributed by atoms with Crippen LogP contribution in [-0.2, 0) is 4.74 Å². The summed E-state index contributed by atoms with van der Waals surface area (Å²) in [6.45, 7) is 6.65. The summed E-state index contributed by atoms with van der Waals surface area (Å²) >= 11 is 2.18. The first-order valence-corrected chi connectivity index (χ1v) is 8.72. The Bertz CT molecular complexity index is 516. The van der Waals surface area contributed by atoms with Gasteiger partial charge in [-0.05, 0) is 71.4 Å². The number of carbonyl (C=O) groups excluding carboxylic acids is 1. The average Bonchev–Trinajstić information content (AvgIpc) is 2.41. The number of nitrogen functional groups attached to an aromatic ring is 1. The minimum absolute atomic E-state index is 0.0125. The number of ether oxygens (including phenoxy) is 1. The van der Waals surface area contributed by atoms with E-state index < -0.39 is 0 Å². The molecule has 4 heteroatoms. The van der Waals surface area contributed by atoms with Crippen LogP contribution in [0.4, 0.5) is 5.69 Å². The van der Waals surface area contributed by atoms with Gasteiger partial charge in [0, 0.05) is 9.26 Å². The molecule has 0 spiro atoms. The number of anilines is 1. The third-order valence-electron chi connectivity index (χ3n) is 4.45. The Labute approximate surface area is 140 Å². The normalized spacial score (nSPS) is 25.9. The van der Waals surface area contributed by atoms with Crippen molar-refractivity contribution in [1.29, 1.82) is 0 Å². The summed E-state index contributed by atoms with van der Waals surface area (Å²) in [4.78, 5) is 12.5. The summed E-state index contributed by atoms with van der Waals surface area (Å²) in [5, 5.41) is 0. The Kier molecular flexibility index (Phi) is 5.52. The van der Waals surface area contributed by atoms with Gasteiger partial charge in [-0.3, -0.25) is 0 Å². The van der Waals surface area contributed by atoms with Gasteiger partial charge in [0.1, 0.15) is 6.10 Å². The molecule has 0 saturated heterocycles. The Morgan fingerprint density at radius 2 is 2.10 bits per heavy atom. The number of rotatable bonds is 3. The van der Waals surface area contributed by atoms with Crippen LogP contribution in [0.15, 0.2) is 18.2 Å². The van der Waals surface area contributed by atoms with Gasteiger partial charge in [-0.1, -0.05) is 27.2 Å². The summed E-state index contributed by atoms with van der Waals surface area (Å²) in [6, 6.07) is 5.46. The van der Waals surface area contributed by atoms with Gasteiger partial charge in [0.2, 0.25) is 0 Å². The highest BCUT2D eigenvalue weighted by Gasteiger charge is 2.33. The molecule has 3 unspecified atom stereocenters. The lowest BCUT2D eigenvalue weighted by Crippen LogP contribution is -2.36. The molecular formula is C17H24INO2. The maximum atomic E-state index is 12.5. The Hall–Kier alpha value is -0.780. The molecule has 2 rings (SSSR count). The van der Waals surface area contributed by atoms with Crippen LogP contribution < -0.4 is 5.73 Å². The predicted octanol–water partition coefficient (Wildman–Crippen LogP) is 4.49. The number of hydrogen-bond acceptors (Lipinski definition) is 3. The highest BCUT2D eigenvalue weighted by Crippen LogP contribution is 2.36. The molecular weight excluding hydrogens is 377 g/mol. The fourth-order valence-electron chi connectivity index (χ4n) is 3.16. The lowest BCUT2D eigenvalue weighted by molar-refractivity contribution is -0.0173. The molecule has 0 bridgehead atoms. The van der Waals surface area contributed by atoms with Crippen molar-refractivity contribution in [2.75, 3.05) is 5.73 Å². The van der Waals surface area contributed by atoms with Crippen molar-refractivity contribution in [2.24, 2.45) is 17.8 Å². The van der Waals surface area contributed by atoms with Crippen LogP contribution >= 0.6 is 22.6 Å². The van der Waals surface area contributed by atoms with Gasteiger partial charge >= 0.3 is 5.97 Å². The molecule has 1 fully saturated rings. The Morgan fingerprint density at radius 1 is 1.38 bits per heavy atom. The van der Waals surface area contributed by atoms with E-state index in [0.717, 1.165) is 16.4 Å². The highest BCUT2D eigenvalue weighted by molar-refractivity contribution is 14.1. The van der Waals surface area contributed by atoms with E-state index in [1.807, 2.05) is 6.07 Å². The van der Waals surface area contributed by atoms with Crippen molar-refractivity contribution >= 4 is 34.2 Å². The standard InChI is InChI=1S/C17H24INO2/c1-10(2)13-6-4-11(3)8-16(13)21-17(20)14-9-12(18)5-7-15(14)19/h5,7,9-11,13,16H,4,6,8,19H2,1-3H3. The maximum absolute atomic E-state index is 12.5. The van der Waals surface area contributed by atoms with E-state index in [4.69, 9.17) is 10.5 Å². The summed E-state index contributed by atoms with van der Waals surface area (Å²) in [5.74, 6) is 1.32. The minimum atomic E-state index is -0.282. The van der Waals surface area contributed by atoms with Crippen LogP contribution in [0, 0.1) is 21.3 Å². The van der Waals surface area contributed by atoms with Gasteiger partial charge in [-0.2, -0.15) is 0 Å². The van der Waals surface area contributed by atoms with Gasteiger partial charge in [0.25, 0.3) is 0 Å². The van der Waals surface area contributed by atoms with Crippen molar-refractivity contribution in [3.63, 3.8) is 0 Å². The first-order chi connectivity index (χ1) is 9.88. The molecule has 0 heterocycles. The second-order valence-electron chi connectivity index (χ2n) is 6.50. The average molecular weight is 401 g/mol. The molecule has 1 aromatic rings. The van der Waals surface area contributed by atoms with Gasteiger partial charge in [-0.15, -0.1) is 0 Å². The first-order valence-electron chi connectivity index (χ1n) is 7.64. The minimum Gasteiger partial charge on any atom is -0.458 e.